The highest BCUT2D eigenvalue weighted by molar-refractivity contribution is 6.62. The van der Waals surface area contributed by atoms with E-state index in [9.17, 15) is 0 Å². The van der Waals surface area contributed by atoms with E-state index in [0.717, 1.165) is 29.1 Å². The quantitative estimate of drug-likeness (QED) is 0.298. The Morgan fingerprint density at radius 1 is 0.575 bits per heavy atom. The maximum Gasteiger partial charge on any atom is 0.494 e. The van der Waals surface area contributed by atoms with Crippen molar-refractivity contribution in [1.82, 2.24) is 0 Å². The molecule has 1 aliphatic heterocycles. The van der Waals surface area contributed by atoms with Crippen LogP contribution in [0.3, 0.4) is 0 Å². The lowest BCUT2D eigenvalue weighted by molar-refractivity contribution is -0.0399. The second-order valence-electron chi connectivity index (χ2n) is 15.7. The molecule has 10 rings (SSSR count). The van der Waals surface area contributed by atoms with Crippen LogP contribution in [0.15, 0.2) is 54.6 Å². The molecule has 4 bridgehead atoms. The maximum absolute atomic E-state index is 6.50. The molecule has 3 heteroatoms. The van der Waals surface area contributed by atoms with Crippen molar-refractivity contribution in [3.8, 4) is 22.3 Å². The summed E-state index contributed by atoms with van der Waals surface area (Å²) in [5, 5.41) is 0. The highest BCUT2D eigenvalue weighted by Crippen LogP contribution is 2.70. The van der Waals surface area contributed by atoms with E-state index in [4.69, 9.17) is 9.31 Å². The molecule has 3 aromatic rings. The van der Waals surface area contributed by atoms with Gasteiger partial charge in [-0.3, -0.25) is 0 Å². The molecule has 1 heterocycles. The molecule has 4 saturated carbocycles. The zero-order chi connectivity index (χ0) is 27.4. The molecule has 0 amide bonds. The fourth-order valence-corrected chi connectivity index (χ4v) is 10.5. The highest BCUT2D eigenvalue weighted by atomic mass is 16.7. The van der Waals surface area contributed by atoms with Crippen molar-refractivity contribution in [3.63, 3.8) is 0 Å². The molecule has 0 unspecified atom stereocenters. The van der Waals surface area contributed by atoms with E-state index in [-0.39, 0.29) is 29.2 Å². The van der Waals surface area contributed by atoms with Crippen molar-refractivity contribution in [1.29, 1.82) is 0 Å². The van der Waals surface area contributed by atoms with Gasteiger partial charge in [-0.1, -0.05) is 56.3 Å². The Morgan fingerprint density at radius 3 is 1.82 bits per heavy atom. The van der Waals surface area contributed by atoms with Crippen molar-refractivity contribution < 1.29 is 9.31 Å². The largest absolute Gasteiger partial charge is 0.494 e. The van der Waals surface area contributed by atoms with Gasteiger partial charge in [0.05, 0.1) is 11.2 Å². The van der Waals surface area contributed by atoms with E-state index < -0.39 is 0 Å². The molecule has 0 radical (unpaired) electrons. The third kappa shape index (κ3) is 2.75. The molecular formula is C37H41BO2. The minimum absolute atomic E-state index is 0.0388. The first kappa shape index (κ1) is 24.3. The maximum atomic E-state index is 6.50. The second kappa shape index (κ2) is 7.34. The van der Waals surface area contributed by atoms with E-state index in [1.54, 1.807) is 11.1 Å². The average Bonchev–Trinajstić information content (AvgIpc) is 3.41. The zero-order valence-corrected chi connectivity index (χ0v) is 24.9. The first-order valence-electron chi connectivity index (χ1n) is 15.8. The molecule has 204 valence electrons. The molecule has 3 aromatic carbocycles. The van der Waals surface area contributed by atoms with Crippen LogP contribution in [0.25, 0.3) is 22.3 Å². The number of hydrogen-bond donors (Lipinski definition) is 0. The number of hydrogen-bond acceptors (Lipinski definition) is 2. The molecule has 6 aliphatic carbocycles. The van der Waals surface area contributed by atoms with Gasteiger partial charge in [-0.25, -0.2) is 0 Å². The van der Waals surface area contributed by atoms with Crippen molar-refractivity contribution in [2.75, 3.05) is 0 Å². The molecule has 40 heavy (non-hydrogen) atoms. The number of rotatable bonds is 1. The van der Waals surface area contributed by atoms with Crippen LogP contribution in [0.4, 0.5) is 0 Å². The molecule has 0 N–H and O–H groups in total. The van der Waals surface area contributed by atoms with Crippen LogP contribution in [0.1, 0.15) is 95.9 Å². The Labute approximate surface area is 240 Å². The third-order valence-electron chi connectivity index (χ3n) is 12.9. The lowest BCUT2D eigenvalue weighted by atomic mass is 9.43. The van der Waals surface area contributed by atoms with Gasteiger partial charge in [0.2, 0.25) is 0 Å². The van der Waals surface area contributed by atoms with Crippen LogP contribution in [-0.2, 0) is 20.1 Å². The van der Waals surface area contributed by atoms with E-state index >= 15 is 0 Å². The molecule has 7 aliphatic rings. The zero-order valence-electron chi connectivity index (χ0n) is 24.9. The van der Waals surface area contributed by atoms with Gasteiger partial charge in [-0.2, -0.15) is 0 Å². The van der Waals surface area contributed by atoms with Crippen molar-refractivity contribution in [3.05, 3.63) is 76.9 Å². The fraction of sp³-hybridized carbons (Fsp3) is 0.514. The summed E-state index contributed by atoms with van der Waals surface area (Å²) in [7, 11) is -0.336. The molecule has 5 fully saturated rings. The summed E-state index contributed by atoms with van der Waals surface area (Å²) < 4.78 is 13.0. The SMILES string of the molecule is CC1(C)c2ccc(B3OC(C)(C)C(C)(C)O3)cc2-c2cc3c(cc21)-c1ccccc1C31C2CC3CC(C2)CC1C3. The van der Waals surface area contributed by atoms with Gasteiger partial charge in [0.15, 0.2) is 0 Å². The van der Waals surface area contributed by atoms with Gasteiger partial charge in [0, 0.05) is 10.8 Å². The van der Waals surface area contributed by atoms with Crippen LogP contribution in [-0.4, -0.2) is 18.3 Å². The van der Waals surface area contributed by atoms with Crippen molar-refractivity contribution in [2.24, 2.45) is 23.7 Å². The summed E-state index contributed by atoms with van der Waals surface area (Å²) in [6.07, 6.45) is 7.18. The lowest BCUT2D eigenvalue weighted by Gasteiger charge is -2.61. The Morgan fingerprint density at radius 2 is 1.15 bits per heavy atom. The van der Waals surface area contributed by atoms with Gasteiger partial charge in [-0.05, 0) is 146 Å². The Hall–Kier alpha value is -2.36. The minimum atomic E-state index is -0.341. The smallest absolute Gasteiger partial charge is 0.399 e. The minimum Gasteiger partial charge on any atom is -0.399 e. The summed E-state index contributed by atoms with van der Waals surface area (Å²) in [5.41, 5.74) is 12.7. The molecular weight excluding hydrogens is 487 g/mol. The number of fused-ring (bicyclic) bond motifs is 6. The third-order valence-corrected chi connectivity index (χ3v) is 12.9. The number of benzene rings is 3. The first-order valence-corrected chi connectivity index (χ1v) is 15.8. The fourth-order valence-electron chi connectivity index (χ4n) is 10.5. The molecule has 1 spiro atoms. The first-order chi connectivity index (χ1) is 19.0. The summed E-state index contributed by atoms with van der Waals surface area (Å²) >= 11 is 0. The van der Waals surface area contributed by atoms with Crippen molar-refractivity contribution in [2.45, 2.75) is 95.7 Å². The molecule has 2 nitrogen and oxygen atoms in total. The summed E-state index contributed by atoms with van der Waals surface area (Å²) in [6.45, 7) is 13.4. The van der Waals surface area contributed by atoms with Crippen LogP contribution >= 0.6 is 0 Å². The van der Waals surface area contributed by atoms with E-state index in [1.807, 2.05) is 0 Å². The van der Waals surface area contributed by atoms with Crippen molar-refractivity contribution >= 4 is 12.6 Å². The van der Waals surface area contributed by atoms with Crippen LogP contribution in [0, 0.1) is 23.7 Å². The summed E-state index contributed by atoms with van der Waals surface area (Å²) in [5.74, 6) is 3.49. The topological polar surface area (TPSA) is 18.5 Å². The monoisotopic (exact) mass is 528 g/mol. The van der Waals surface area contributed by atoms with Gasteiger partial charge < -0.3 is 9.31 Å². The molecule has 0 aromatic heterocycles. The van der Waals surface area contributed by atoms with Gasteiger partial charge in [0.1, 0.15) is 0 Å². The Balaban J connectivity index is 1.24. The van der Waals surface area contributed by atoms with E-state index in [0.29, 0.717) is 0 Å². The van der Waals surface area contributed by atoms with Gasteiger partial charge >= 0.3 is 7.12 Å². The Kier molecular flexibility index (Phi) is 4.45. The molecule has 0 atom stereocenters. The van der Waals surface area contributed by atoms with E-state index in [1.165, 1.54) is 65.5 Å². The average molecular weight is 529 g/mol. The normalized spacial score (nSPS) is 34.2. The van der Waals surface area contributed by atoms with Gasteiger partial charge in [-0.15, -0.1) is 0 Å². The second-order valence-corrected chi connectivity index (χ2v) is 15.7. The van der Waals surface area contributed by atoms with E-state index in [2.05, 4.69) is 96.1 Å². The van der Waals surface area contributed by atoms with Crippen LogP contribution < -0.4 is 5.46 Å². The summed E-state index contributed by atoms with van der Waals surface area (Å²) in [6, 6.07) is 21.8. The Bertz CT molecular complexity index is 1570. The lowest BCUT2D eigenvalue weighted by Crippen LogP contribution is -2.55. The molecule has 1 saturated heterocycles. The summed E-state index contributed by atoms with van der Waals surface area (Å²) in [4.78, 5) is 0. The predicted octanol–water partition coefficient (Wildman–Crippen LogP) is 8.01. The standard InChI is InChI=1S/C37H41BO2/c1-34(2)30-12-11-25(38-39-35(3,4)36(5,6)40-38)18-27(30)29-20-33-28(19-32(29)34)26-9-7-8-10-31(26)37(33)23-14-21-13-22(16-23)17-24(37)15-21/h7-12,18-24H,13-17H2,1-6H3. The highest BCUT2D eigenvalue weighted by Gasteiger charge is 2.62. The predicted molar refractivity (Wildman–Crippen MR) is 163 cm³/mol. The van der Waals surface area contributed by atoms with Crippen LogP contribution in [0.2, 0.25) is 0 Å². The van der Waals surface area contributed by atoms with Gasteiger partial charge in [0.25, 0.3) is 0 Å². The van der Waals surface area contributed by atoms with Crippen LogP contribution in [0.5, 0.6) is 0 Å².